The zero-order valence-electron chi connectivity index (χ0n) is 13.0. The van der Waals surface area contributed by atoms with Crippen molar-refractivity contribution in [1.82, 2.24) is 20.2 Å². The molecule has 0 fully saturated rings. The van der Waals surface area contributed by atoms with Crippen LogP contribution in [0.5, 0.6) is 0 Å². The third-order valence-corrected chi connectivity index (χ3v) is 4.33. The maximum atomic E-state index is 12.5. The van der Waals surface area contributed by atoms with Crippen molar-refractivity contribution in [2.24, 2.45) is 5.73 Å². The van der Waals surface area contributed by atoms with Crippen molar-refractivity contribution in [1.29, 1.82) is 0 Å². The number of nitrogens with one attached hydrogen (secondary N) is 2. The molecular formula is C18H14ClN5O. The number of benzene rings is 2. The third-order valence-electron chi connectivity index (χ3n) is 4.08. The van der Waals surface area contributed by atoms with Gasteiger partial charge in [-0.15, -0.1) is 0 Å². The number of hydrogen-bond acceptors (Lipinski definition) is 4. The quantitative estimate of drug-likeness (QED) is 0.528. The molecule has 7 heteroatoms. The molecule has 4 N–H and O–H groups in total. The number of halogens is 1. The maximum Gasteiger partial charge on any atom is 0.258 e. The molecule has 0 spiro atoms. The minimum Gasteiger partial charge on any atom is -0.318 e. The molecule has 0 saturated carbocycles. The van der Waals surface area contributed by atoms with Crippen molar-refractivity contribution in [3.05, 3.63) is 81.6 Å². The molecular weight excluding hydrogens is 338 g/mol. The van der Waals surface area contributed by atoms with Crippen LogP contribution in [0.1, 0.15) is 17.4 Å². The van der Waals surface area contributed by atoms with Crippen LogP contribution in [0.4, 0.5) is 0 Å². The van der Waals surface area contributed by atoms with E-state index < -0.39 is 6.04 Å². The topological polar surface area (TPSA) is 100 Å². The third kappa shape index (κ3) is 2.93. The summed E-state index contributed by atoms with van der Waals surface area (Å²) in [5.74, 6) is 0.413. The van der Waals surface area contributed by atoms with Crippen molar-refractivity contribution in [2.45, 2.75) is 6.04 Å². The van der Waals surface area contributed by atoms with E-state index in [1.165, 1.54) is 0 Å². The fourth-order valence-electron chi connectivity index (χ4n) is 2.72. The first-order valence-corrected chi connectivity index (χ1v) is 8.04. The fraction of sp³-hybridized carbons (Fsp3) is 0.0556. The molecule has 4 aromatic rings. The van der Waals surface area contributed by atoms with Gasteiger partial charge < -0.3 is 10.7 Å². The molecule has 0 bridgehead atoms. The first-order chi connectivity index (χ1) is 12.1. The molecule has 1 atom stereocenters. The molecule has 1 unspecified atom stereocenters. The van der Waals surface area contributed by atoms with Gasteiger partial charge in [-0.2, -0.15) is 5.10 Å². The van der Waals surface area contributed by atoms with E-state index in [9.17, 15) is 4.79 Å². The van der Waals surface area contributed by atoms with E-state index in [0.29, 0.717) is 21.7 Å². The highest BCUT2D eigenvalue weighted by Gasteiger charge is 2.14. The summed E-state index contributed by atoms with van der Waals surface area (Å²) in [6.07, 6.45) is 3.47. The Balaban J connectivity index is 1.78. The summed E-state index contributed by atoms with van der Waals surface area (Å²) in [6.45, 7) is 0. The van der Waals surface area contributed by atoms with E-state index in [1.807, 2.05) is 24.3 Å². The van der Waals surface area contributed by atoms with Crippen LogP contribution in [-0.4, -0.2) is 20.2 Å². The van der Waals surface area contributed by atoms with Crippen LogP contribution in [0.15, 0.2) is 59.7 Å². The van der Waals surface area contributed by atoms with Crippen molar-refractivity contribution in [3.63, 3.8) is 0 Å². The number of nitrogens with zero attached hydrogens (tertiary/aromatic N) is 2. The Morgan fingerprint density at radius 1 is 1.08 bits per heavy atom. The van der Waals surface area contributed by atoms with Crippen LogP contribution < -0.4 is 11.3 Å². The van der Waals surface area contributed by atoms with Gasteiger partial charge in [-0.05, 0) is 35.4 Å². The molecule has 25 heavy (non-hydrogen) atoms. The number of fused-ring (bicyclic) bond motifs is 1. The highest BCUT2D eigenvalue weighted by molar-refractivity contribution is 6.30. The molecule has 124 valence electrons. The molecule has 2 heterocycles. The Morgan fingerprint density at radius 3 is 2.60 bits per heavy atom. The number of nitrogens with two attached hydrogens (primary N) is 1. The fourth-order valence-corrected chi connectivity index (χ4v) is 2.85. The molecule has 0 radical (unpaired) electrons. The van der Waals surface area contributed by atoms with Crippen LogP contribution in [-0.2, 0) is 0 Å². The lowest BCUT2D eigenvalue weighted by molar-refractivity contribution is 0.783. The van der Waals surface area contributed by atoms with Gasteiger partial charge in [0.15, 0.2) is 0 Å². The van der Waals surface area contributed by atoms with Gasteiger partial charge in [0, 0.05) is 16.8 Å². The summed E-state index contributed by atoms with van der Waals surface area (Å²) in [5.41, 5.74) is 9.23. The summed E-state index contributed by atoms with van der Waals surface area (Å²) < 4.78 is 0. The Morgan fingerprint density at radius 2 is 1.88 bits per heavy atom. The van der Waals surface area contributed by atoms with Crippen LogP contribution in [0.25, 0.3) is 22.0 Å². The van der Waals surface area contributed by atoms with Gasteiger partial charge >= 0.3 is 0 Å². The number of aromatic amines is 2. The van der Waals surface area contributed by atoms with Gasteiger partial charge in [0.2, 0.25) is 0 Å². The summed E-state index contributed by atoms with van der Waals surface area (Å²) in [4.78, 5) is 19.8. The Hall–Kier alpha value is -2.96. The van der Waals surface area contributed by atoms with E-state index in [-0.39, 0.29) is 5.56 Å². The van der Waals surface area contributed by atoms with E-state index >= 15 is 0 Å². The zero-order valence-corrected chi connectivity index (χ0v) is 13.8. The Bertz CT molecular complexity index is 1090. The first-order valence-electron chi connectivity index (χ1n) is 7.66. The minimum atomic E-state index is -0.539. The second kappa shape index (κ2) is 6.16. The lowest BCUT2D eigenvalue weighted by Crippen LogP contribution is -2.20. The molecule has 0 aliphatic rings. The average molecular weight is 352 g/mol. The predicted molar refractivity (Wildman–Crippen MR) is 97.4 cm³/mol. The van der Waals surface area contributed by atoms with E-state index in [2.05, 4.69) is 20.2 Å². The summed E-state index contributed by atoms with van der Waals surface area (Å²) in [6, 6.07) is 12.1. The molecule has 0 amide bonds. The summed E-state index contributed by atoms with van der Waals surface area (Å²) in [7, 11) is 0. The standard InChI is InChI=1S/C18H14ClN5O/c19-13-4-1-10(2-5-13)16(20)17-23-15-6-3-11(12-8-21-22-9-12)7-14(15)18(25)24-17/h1-9,16H,20H2,(H,21,22)(H,23,24,25). The minimum absolute atomic E-state index is 0.227. The SMILES string of the molecule is NC(c1ccc(Cl)cc1)c1nc2ccc(-c3cn[nH]c3)cc2c(=O)[nH]1. The van der Waals surface area contributed by atoms with Gasteiger partial charge in [0.25, 0.3) is 5.56 Å². The van der Waals surface area contributed by atoms with Crippen LogP contribution in [0.3, 0.4) is 0 Å². The largest absolute Gasteiger partial charge is 0.318 e. The van der Waals surface area contributed by atoms with E-state index in [1.54, 1.807) is 30.6 Å². The monoisotopic (exact) mass is 351 g/mol. The molecule has 2 aromatic carbocycles. The van der Waals surface area contributed by atoms with Crippen molar-refractivity contribution < 1.29 is 0 Å². The first kappa shape index (κ1) is 15.6. The molecule has 0 aliphatic heterocycles. The Kier molecular flexibility index (Phi) is 3.83. The van der Waals surface area contributed by atoms with Gasteiger partial charge in [-0.3, -0.25) is 9.89 Å². The van der Waals surface area contributed by atoms with E-state index in [0.717, 1.165) is 16.7 Å². The summed E-state index contributed by atoms with van der Waals surface area (Å²) in [5, 5.41) is 7.82. The second-order valence-corrected chi connectivity index (χ2v) is 6.14. The van der Waals surface area contributed by atoms with Gasteiger partial charge in [-0.25, -0.2) is 4.98 Å². The molecule has 6 nitrogen and oxygen atoms in total. The maximum absolute atomic E-state index is 12.5. The smallest absolute Gasteiger partial charge is 0.258 e. The molecule has 0 aliphatic carbocycles. The highest BCUT2D eigenvalue weighted by Crippen LogP contribution is 2.23. The molecule has 4 rings (SSSR count). The second-order valence-electron chi connectivity index (χ2n) is 5.70. The zero-order chi connectivity index (χ0) is 17.4. The molecule has 0 saturated heterocycles. The number of aromatic nitrogens is 4. The van der Waals surface area contributed by atoms with Crippen molar-refractivity contribution >= 4 is 22.5 Å². The van der Waals surface area contributed by atoms with Crippen molar-refractivity contribution in [3.8, 4) is 11.1 Å². The number of hydrogen-bond donors (Lipinski definition) is 3. The lowest BCUT2D eigenvalue weighted by atomic mass is 10.1. The van der Waals surface area contributed by atoms with Crippen LogP contribution >= 0.6 is 11.6 Å². The predicted octanol–water partition coefficient (Wildman–Crippen LogP) is 3.01. The van der Waals surface area contributed by atoms with E-state index in [4.69, 9.17) is 17.3 Å². The lowest BCUT2D eigenvalue weighted by Gasteiger charge is -2.12. The van der Waals surface area contributed by atoms with Crippen LogP contribution in [0, 0.1) is 0 Å². The molecule has 2 aromatic heterocycles. The number of rotatable bonds is 3. The van der Waals surface area contributed by atoms with Crippen LogP contribution in [0.2, 0.25) is 5.02 Å². The highest BCUT2D eigenvalue weighted by atomic mass is 35.5. The number of H-pyrrole nitrogens is 2. The van der Waals surface area contributed by atoms with Gasteiger partial charge in [0.1, 0.15) is 5.82 Å². The average Bonchev–Trinajstić information content (AvgIpc) is 3.16. The normalized spacial score (nSPS) is 12.4. The van der Waals surface area contributed by atoms with Gasteiger partial charge in [-0.1, -0.05) is 29.8 Å². The summed E-state index contributed by atoms with van der Waals surface area (Å²) >= 11 is 5.90. The van der Waals surface area contributed by atoms with Gasteiger partial charge in [0.05, 0.1) is 23.1 Å². The van der Waals surface area contributed by atoms with Crippen molar-refractivity contribution in [2.75, 3.05) is 0 Å². The Labute approximate surface area is 147 Å².